The average Bonchev–Trinajstić information content (AvgIpc) is 2.62. The van der Waals surface area contributed by atoms with E-state index < -0.39 is 5.97 Å². The highest BCUT2D eigenvalue weighted by Gasteiger charge is 2.55. The van der Waals surface area contributed by atoms with Crippen molar-refractivity contribution < 1.29 is 19.4 Å². The van der Waals surface area contributed by atoms with Gasteiger partial charge < -0.3 is 14.6 Å². The highest BCUT2D eigenvalue weighted by atomic mass is 16.7. The molecule has 4 heteroatoms. The average molecular weight is 226 g/mol. The molecule has 3 aliphatic rings. The minimum Gasteiger partial charge on any atom is -0.481 e. The summed E-state index contributed by atoms with van der Waals surface area (Å²) in [6.45, 7) is 1.39. The van der Waals surface area contributed by atoms with Gasteiger partial charge in [-0.3, -0.25) is 4.79 Å². The van der Waals surface area contributed by atoms with Crippen LogP contribution in [0.5, 0.6) is 0 Å². The maximum absolute atomic E-state index is 10.9. The van der Waals surface area contributed by atoms with Crippen LogP contribution in [0.15, 0.2) is 0 Å². The zero-order chi connectivity index (χ0) is 11.2. The van der Waals surface area contributed by atoms with Crippen molar-refractivity contribution in [2.45, 2.75) is 44.3 Å². The van der Waals surface area contributed by atoms with E-state index >= 15 is 0 Å². The van der Waals surface area contributed by atoms with E-state index in [4.69, 9.17) is 14.6 Å². The Morgan fingerprint density at radius 1 is 1.19 bits per heavy atom. The standard InChI is InChI=1S/C12H18O4/c13-10(14)9-6-11(7-9)2-1-3-12(8-11)15-4-5-16-12/h9H,1-8H2,(H,13,14). The van der Waals surface area contributed by atoms with Gasteiger partial charge in [0.1, 0.15) is 0 Å². The second kappa shape index (κ2) is 3.44. The number of hydrogen-bond donors (Lipinski definition) is 1. The van der Waals surface area contributed by atoms with Crippen molar-refractivity contribution in [1.82, 2.24) is 0 Å². The molecule has 0 aromatic rings. The van der Waals surface area contributed by atoms with Gasteiger partial charge in [0.2, 0.25) is 0 Å². The van der Waals surface area contributed by atoms with E-state index in [1.807, 2.05) is 0 Å². The molecule has 0 amide bonds. The Morgan fingerprint density at radius 3 is 2.50 bits per heavy atom. The van der Waals surface area contributed by atoms with Crippen molar-refractivity contribution >= 4 is 5.97 Å². The van der Waals surface area contributed by atoms with Crippen LogP contribution in [0.4, 0.5) is 0 Å². The Balaban J connectivity index is 1.67. The SMILES string of the molecule is O=C(O)C1CC2(CCCC3(C2)OCCO3)C1. The van der Waals surface area contributed by atoms with Crippen LogP contribution in [0, 0.1) is 11.3 Å². The van der Waals surface area contributed by atoms with Crippen molar-refractivity contribution in [3.05, 3.63) is 0 Å². The molecule has 0 atom stereocenters. The minimum absolute atomic E-state index is 0.128. The number of rotatable bonds is 1. The monoisotopic (exact) mass is 226 g/mol. The lowest BCUT2D eigenvalue weighted by Gasteiger charge is -2.52. The molecule has 0 aromatic carbocycles. The molecule has 1 aliphatic heterocycles. The fraction of sp³-hybridized carbons (Fsp3) is 0.917. The molecule has 2 spiro atoms. The predicted octanol–water partition coefficient (Wildman–Crippen LogP) is 1.78. The second-order valence-corrected chi connectivity index (χ2v) is 5.58. The van der Waals surface area contributed by atoms with Crippen molar-refractivity contribution in [1.29, 1.82) is 0 Å². The lowest BCUT2D eigenvalue weighted by Crippen LogP contribution is -2.50. The summed E-state index contributed by atoms with van der Waals surface area (Å²) in [6, 6.07) is 0. The Morgan fingerprint density at radius 2 is 1.88 bits per heavy atom. The fourth-order valence-corrected chi connectivity index (χ4v) is 3.73. The second-order valence-electron chi connectivity index (χ2n) is 5.58. The maximum atomic E-state index is 10.9. The molecule has 0 unspecified atom stereocenters. The number of aliphatic carboxylic acids is 1. The zero-order valence-corrected chi connectivity index (χ0v) is 9.41. The molecule has 0 bridgehead atoms. The summed E-state index contributed by atoms with van der Waals surface area (Å²) in [4.78, 5) is 10.9. The third-order valence-corrected chi connectivity index (χ3v) is 4.43. The van der Waals surface area contributed by atoms with Gasteiger partial charge >= 0.3 is 5.97 Å². The summed E-state index contributed by atoms with van der Waals surface area (Å²) in [6.07, 6.45) is 5.77. The van der Waals surface area contributed by atoms with E-state index in [1.165, 1.54) is 0 Å². The molecule has 3 rings (SSSR count). The summed E-state index contributed by atoms with van der Waals surface area (Å²) in [5, 5.41) is 8.94. The van der Waals surface area contributed by atoms with Gasteiger partial charge in [0.25, 0.3) is 0 Å². The van der Waals surface area contributed by atoms with Crippen LogP contribution in [0.1, 0.15) is 38.5 Å². The molecule has 1 N–H and O–H groups in total. The first-order valence-corrected chi connectivity index (χ1v) is 6.14. The normalized spacial score (nSPS) is 41.1. The van der Waals surface area contributed by atoms with E-state index in [0.717, 1.165) is 38.5 Å². The summed E-state index contributed by atoms with van der Waals surface area (Å²) in [5.74, 6) is -1.13. The number of carboxylic acids is 1. The molecule has 90 valence electrons. The Hall–Kier alpha value is -0.610. The van der Waals surface area contributed by atoms with Gasteiger partial charge in [-0.2, -0.15) is 0 Å². The quantitative estimate of drug-likeness (QED) is 0.740. The van der Waals surface area contributed by atoms with E-state index in [0.29, 0.717) is 13.2 Å². The van der Waals surface area contributed by atoms with Gasteiger partial charge in [-0.15, -0.1) is 0 Å². The van der Waals surface area contributed by atoms with Gasteiger partial charge in [-0.25, -0.2) is 0 Å². The van der Waals surface area contributed by atoms with E-state index in [9.17, 15) is 4.79 Å². The summed E-state index contributed by atoms with van der Waals surface area (Å²) in [5.41, 5.74) is 0.200. The summed E-state index contributed by atoms with van der Waals surface area (Å²) >= 11 is 0. The molecular weight excluding hydrogens is 208 g/mol. The van der Waals surface area contributed by atoms with Crippen molar-refractivity contribution in [2.75, 3.05) is 13.2 Å². The number of hydrogen-bond acceptors (Lipinski definition) is 3. The molecule has 1 saturated heterocycles. The first kappa shape index (κ1) is 10.5. The van der Waals surface area contributed by atoms with Crippen molar-refractivity contribution in [2.24, 2.45) is 11.3 Å². The van der Waals surface area contributed by atoms with Gasteiger partial charge in [-0.1, -0.05) is 0 Å². The molecule has 0 radical (unpaired) electrons. The Bertz CT molecular complexity index is 300. The number of ether oxygens (including phenoxy) is 2. The fourth-order valence-electron chi connectivity index (χ4n) is 3.73. The third kappa shape index (κ3) is 1.55. The highest BCUT2D eigenvalue weighted by molar-refractivity contribution is 5.71. The molecular formula is C12H18O4. The van der Waals surface area contributed by atoms with Crippen molar-refractivity contribution in [3.8, 4) is 0 Å². The molecule has 2 aliphatic carbocycles. The van der Waals surface area contributed by atoms with Crippen LogP contribution in [0.3, 0.4) is 0 Å². The van der Waals surface area contributed by atoms with E-state index in [-0.39, 0.29) is 17.1 Å². The first-order chi connectivity index (χ1) is 7.63. The van der Waals surface area contributed by atoms with Gasteiger partial charge in [-0.05, 0) is 31.1 Å². The van der Waals surface area contributed by atoms with Crippen LogP contribution in [0.2, 0.25) is 0 Å². The topological polar surface area (TPSA) is 55.8 Å². The molecule has 1 heterocycles. The smallest absolute Gasteiger partial charge is 0.306 e. The third-order valence-electron chi connectivity index (χ3n) is 4.43. The van der Waals surface area contributed by atoms with Crippen LogP contribution < -0.4 is 0 Å². The summed E-state index contributed by atoms with van der Waals surface area (Å²) in [7, 11) is 0. The highest BCUT2D eigenvalue weighted by Crippen LogP contribution is 2.58. The number of carbonyl (C=O) groups is 1. The van der Waals surface area contributed by atoms with Crippen LogP contribution in [-0.4, -0.2) is 30.1 Å². The maximum Gasteiger partial charge on any atom is 0.306 e. The van der Waals surface area contributed by atoms with Crippen LogP contribution in [0.25, 0.3) is 0 Å². The van der Waals surface area contributed by atoms with Gasteiger partial charge in [0, 0.05) is 12.8 Å². The Kier molecular flexibility index (Phi) is 2.27. The van der Waals surface area contributed by atoms with E-state index in [2.05, 4.69) is 0 Å². The van der Waals surface area contributed by atoms with E-state index in [1.54, 1.807) is 0 Å². The van der Waals surface area contributed by atoms with Crippen molar-refractivity contribution in [3.63, 3.8) is 0 Å². The largest absolute Gasteiger partial charge is 0.481 e. The molecule has 0 aromatic heterocycles. The van der Waals surface area contributed by atoms with Gasteiger partial charge in [0.05, 0.1) is 19.1 Å². The lowest BCUT2D eigenvalue weighted by atomic mass is 9.54. The molecule has 16 heavy (non-hydrogen) atoms. The minimum atomic E-state index is -0.640. The molecule has 3 fully saturated rings. The lowest BCUT2D eigenvalue weighted by molar-refractivity contribution is -0.220. The Labute approximate surface area is 94.9 Å². The summed E-state index contributed by atoms with van der Waals surface area (Å²) < 4.78 is 11.5. The van der Waals surface area contributed by atoms with Crippen LogP contribution in [-0.2, 0) is 14.3 Å². The number of carboxylic acid groups (broad SMARTS) is 1. The molecule has 2 saturated carbocycles. The predicted molar refractivity (Wildman–Crippen MR) is 55.9 cm³/mol. The first-order valence-electron chi connectivity index (χ1n) is 6.14. The van der Waals surface area contributed by atoms with Gasteiger partial charge in [0.15, 0.2) is 5.79 Å². The zero-order valence-electron chi connectivity index (χ0n) is 9.41. The van der Waals surface area contributed by atoms with Crippen LogP contribution >= 0.6 is 0 Å². The molecule has 4 nitrogen and oxygen atoms in total.